The van der Waals surface area contributed by atoms with Crippen LogP contribution in [0.25, 0.3) is 11.2 Å². The second kappa shape index (κ2) is 4.60. The lowest BCUT2D eigenvalue weighted by Crippen LogP contribution is -2.21. The molecule has 2 rings (SSSR count). The molecule has 2 aromatic heterocycles. The Morgan fingerprint density at radius 1 is 1.53 bits per heavy atom. The van der Waals surface area contributed by atoms with E-state index in [1.807, 2.05) is 6.92 Å². The first-order valence-electron chi connectivity index (χ1n) is 5.27. The maximum absolute atomic E-state index is 11.6. The van der Waals surface area contributed by atoms with E-state index >= 15 is 0 Å². The first kappa shape index (κ1) is 11.7. The predicted octanol–water partition coefficient (Wildman–Crippen LogP) is -1.57. The molecule has 2 heterocycles. The minimum absolute atomic E-state index is 0.0482. The molecule has 0 saturated heterocycles. The molecule has 92 valence electrons. The third-order valence-electron chi connectivity index (χ3n) is 2.35. The van der Waals surface area contributed by atoms with Crippen molar-refractivity contribution in [2.24, 2.45) is 0 Å². The monoisotopic (exact) mass is 239 g/mol. The molecule has 0 amide bonds. The molecule has 0 fully saturated rings. The Morgan fingerprint density at radius 2 is 2.29 bits per heavy atom. The molecule has 0 saturated carbocycles. The topological polar surface area (TPSA) is 117 Å². The van der Waals surface area contributed by atoms with E-state index in [1.54, 1.807) is 0 Å². The Bertz CT molecular complexity index is 576. The van der Waals surface area contributed by atoms with Gasteiger partial charge in [0.05, 0.1) is 19.3 Å². The smallest absolute Gasteiger partial charge is 0.281 e. The van der Waals surface area contributed by atoms with Crippen molar-refractivity contribution < 1.29 is 10.2 Å². The van der Waals surface area contributed by atoms with Gasteiger partial charge in [-0.3, -0.25) is 4.79 Å². The number of hydrogen-bond donors (Lipinski definition) is 3. The number of nitrogens with zero attached hydrogens (tertiary/aromatic N) is 4. The number of aryl methyl sites for hydroxylation is 1. The van der Waals surface area contributed by atoms with Gasteiger partial charge in [0.25, 0.3) is 5.56 Å². The SMILES string of the molecule is CCc1nc2c(nnn2C[C@H](O)CO)c(=O)[nH]1. The number of H-pyrrole nitrogens is 1. The number of fused-ring (bicyclic) bond motifs is 1. The van der Waals surface area contributed by atoms with Gasteiger partial charge in [0.1, 0.15) is 5.82 Å². The van der Waals surface area contributed by atoms with Crippen molar-refractivity contribution in [2.75, 3.05) is 6.61 Å². The first-order valence-corrected chi connectivity index (χ1v) is 5.27. The van der Waals surface area contributed by atoms with E-state index in [2.05, 4.69) is 20.3 Å². The number of nitrogens with one attached hydrogen (secondary N) is 1. The molecule has 8 nitrogen and oxygen atoms in total. The average molecular weight is 239 g/mol. The van der Waals surface area contributed by atoms with Crippen LogP contribution < -0.4 is 5.56 Å². The van der Waals surface area contributed by atoms with Crippen molar-refractivity contribution in [3.05, 3.63) is 16.2 Å². The van der Waals surface area contributed by atoms with E-state index in [9.17, 15) is 9.90 Å². The van der Waals surface area contributed by atoms with Gasteiger partial charge < -0.3 is 15.2 Å². The summed E-state index contributed by atoms with van der Waals surface area (Å²) in [6.45, 7) is 1.53. The highest BCUT2D eigenvalue weighted by Crippen LogP contribution is 2.04. The summed E-state index contributed by atoms with van der Waals surface area (Å²) in [4.78, 5) is 18.4. The summed E-state index contributed by atoms with van der Waals surface area (Å²) in [5.74, 6) is 0.532. The Labute approximate surface area is 95.9 Å². The third kappa shape index (κ3) is 2.17. The van der Waals surface area contributed by atoms with E-state index in [-0.39, 0.29) is 24.2 Å². The van der Waals surface area contributed by atoms with E-state index in [0.29, 0.717) is 17.9 Å². The molecule has 0 aliphatic rings. The summed E-state index contributed by atoms with van der Waals surface area (Å²) in [5, 5.41) is 25.5. The summed E-state index contributed by atoms with van der Waals surface area (Å²) < 4.78 is 1.31. The van der Waals surface area contributed by atoms with Gasteiger partial charge >= 0.3 is 0 Å². The Kier molecular flexibility index (Phi) is 3.16. The van der Waals surface area contributed by atoms with Crippen molar-refractivity contribution in [1.82, 2.24) is 25.0 Å². The van der Waals surface area contributed by atoms with Crippen molar-refractivity contribution in [2.45, 2.75) is 26.0 Å². The number of hydrogen-bond acceptors (Lipinski definition) is 6. The molecular weight excluding hydrogens is 226 g/mol. The van der Waals surface area contributed by atoms with Crippen LogP contribution in [0.1, 0.15) is 12.7 Å². The lowest BCUT2D eigenvalue weighted by atomic mass is 10.4. The molecule has 3 N–H and O–H groups in total. The largest absolute Gasteiger partial charge is 0.394 e. The van der Waals surface area contributed by atoms with Gasteiger partial charge in [0, 0.05) is 6.42 Å². The second-order valence-electron chi connectivity index (χ2n) is 3.65. The van der Waals surface area contributed by atoms with Gasteiger partial charge in [-0.1, -0.05) is 12.1 Å². The molecule has 1 atom stereocenters. The molecule has 2 aromatic rings. The molecular formula is C9H13N5O3. The fraction of sp³-hybridized carbons (Fsp3) is 0.556. The fourth-order valence-electron chi connectivity index (χ4n) is 1.46. The van der Waals surface area contributed by atoms with E-state index in [0.717, 1.165) is 0 Å². The minimum atomic E-state index is -0.953. The molecule has 17 heavy (non-hydrogen) atoms. The van der Waals surface area contributed by atoms with Crippen LogP contribution in [-0.4, -0.2) is 47.9 Å². The zero-order valence-electron chi connectivity index (χ0n) is 9.29. The van der Waals surface area contributed by atoms with Crippen molar-refractivity contribution in [3.63, 3.8) is 0 Å². The molecule has 0 aliphatic carbocycles. The second-order valence-corrected chi connectivity index (χ2v) is 3.65. The maximum Gasteiger partial charge on any atom is 0.281 e. The van der Waals surface area contributed by atoms with Crippen LogP contribution in [-0.2, 0) is 13.0 Å². The van der Waals surface area contributed by atoms with Crippen molar-refractivity contribution in [3.8, 4) is 0 Å². The van der Waals surface area contributed by atoms with E-state index < -0.39 is 6.10 Å². The average Bonchev–Trinajstić information content (AvgIpc) is 2.72. The predicted molar refractivity (Wildman–Crippen MR) is 58.4 cm³/mol. The van der Waals surface area contributed by atoms with Crippen LogP contribution in [0.4, 0.5) is 0 Å². The number of aliphatic hydroxyl groups excluding tert-OH is 2. The van der Waals surface area contributed by atoms with Crippen LogP contribution in [0.5, 0.6) is 0 Å². The quantitative estimate of drug-likeness (QED) is 0.593. The zero-order chi connectivity index (χ0) is 12.4. The van der Waals surface area contributed by atoms with Gasteiger partial charge in [-0.25, -0.2) is 9.67 Å². The van der Waals surface area contributed by atoms with Gasteiger partial charge in [-0.05, 0) is 0 Å². The fourth-order valence-corrected chi connectivity index (χ4v) is 1.46. The highest BCUT2D eigenvalue weighted by molar-refractivity contribution is 5.67. The normalized spacial score (nSPS) is 13.1. The zero-order valence-corrected chi connectivity index (χ0v) is 9.29. The van der Waals surface area contributed by atoms with Crippen LogP contribution in [0, 0.1) is 0 Å². The first-order chi connectivity index (χ1) is 8.15. The summed E-state index contributed by atoms with van der Waals surface area (Å²) in [5.41, 5.74) is 0.0991. The molecule has 0 unspecified atom stereocenters. The summed E-state index contributed by atoms with van der Waals surface area (Å²) in [7, 11) is 0. The van der Waals surface area contributed by atoms with E-state index in [4.69, 9.17) is 5.11 Å². The Balaban J connectivity index is 2.51. The van der Waals surface area contributed by atoms with E-state index in [1.165, 1.54) is 4.68 Å². The molecule has 0 aliphatic heterocycles. The molecule has 0 spiro atoms. The highest BCUT2D eigenvalue weighted by atomic mass is 16.3. The molecule has 0 aromatic carbocycles. The van der Waals surface area contributed by atoms with Crippen LogP contribution >= 0.6 is 0 Å². The summed E-state index contributed by atoms with van der Waals surface area (Å²) in [6, 6.07) is 0. The number of aromatic amines is 1. The van der Waals surface area contributed by atoms with Crippen LogP contribution in [0.15, 0.2) is 4.79 Å². The van der Waals surface area contributed by atoms with Gasteiger partial charge in [0.15, 0.2) is 11.2 Å². The molecule has 0 bridgehead atoms. The summed E-state index contributed by atoms with van der Waals surface area (Å²) in [6.07, 6.45) is -0.370. The Hall–Kier alpha value is -1.80. The Morgan fingerprint density at radius 3 is 2.94 bits per heavy atom. The van der Waals surface area contributed by atoms with Crippen LogP contribution in [0.3, 0.4) is 0 Å². The number of aromatic nitrogens is 5. The van der Waals surface area contributed by atoms with Crippen molar-refractivity contribution >= 4 is 11.2 Å². The number of rotatable bonds is 4. The number of aliphatic hydroxyl groups is 2. The van der Waals surface area contributed by atoms with Crippen LogP contribution in [0.2, 0.25) is 0 Å². The van der Waals surface area contributed by atoms with Gasteiger partial charge in [-0.15, -0.1) is 5.10 Å². The highest BCUT2D eigenvalue weighted by Gasteiger charge is 2.13. The third-order valence-corrected chi connectivity index (χ3v) is 2.35. The van der Waals surface area contributed by atoms with Gasteiger partial charge in [-0.2, -0.15) is 0 Å². The lowest BCUT2D eigenvalue weighted by molar-refractivity contribution is 0.0787. The lowest BCUT2D eigenvalue weighted by Gasteiger charge is -2.06. The molecule has 8 heteroatoms. The summed E-state index contributed by atoms with van der Waals surface area (Å²) >= 11 is 0. The molecule has 0 radical (unpaired) electrons. The standard InChI is InChI=1S/C9H13N5O3/c1-2-6-10-8-7(9(17)11-6)12-13-14(8)3-5(16)4-15/h5,15-16H,2-4H2,1H3,(H,10,11,17)/t5-/m0/s1. The minimum Gasteiger partial charge on any atom is -0.394 e. The van der Waals surface area contributed by atoms with Crippen molar-refractivity contribution in [1.29, 1.82) is 0 Å². The maximum atomic E-state index is 11.6. The van der Waals surface area contributed by atoms with Gasteiger partial charge in [0.2, 0.25) is 0 Å².